The molecule has 0 saturated heterocycles. The molecular formula is C12H18Cl2N4. The minimum Gasteiger partial charge on any atom is -0.369 e. The summed E-state index contributed by atoms with van der Waals surface area (Å²) < 4.78 is 0. The van der Waals surface area contributed by atoms with Gasteiger partial charge in [0, 0.05) is 12.1 Å². The van der Waals surface area contributed by atoms with Crippen LogP contribution in [-0.2, 0) is 0 Å². The maximum Gasteiger partial charge on any atom is 0.209 e. The third-order valence-electron chi connectivity index (χ3n) is 2.21. The van der Waals surface area contributed by atoms with E-state index in [2.05, 4.69) is 22.4 Å². The van der Waals surface area contributed by atoms with Gasteiger partial charge in [-0.25, -0.2) is 5.43 Å². The summed E-state index contributed by atoms with van der Waals surface area (Å²) in [6.45, 7) is 2.10. The van der Waals surface area contributed by atoms with Gasteiger partial charge < -0.3 is 5.73 Å². The van der Waals surface area contributed by atoms with Crippen molar-refractivity contribution in [3.63, 3.8) is 0 Å². The molecule has 0 aliphatic rings. The van der Waals surface area contributed by atoms with Crippen molar-refractivity contribution < 1.29 is 0 Å². The normalized spacial score (nSPS) is 11.9. The fraction of sp³-hybridized carbons (Fsp3) is 0.333. The van der Waals surface area contributed by atoms with Crippen LogP contribution in [0.15, 0.2) is 34.4 Å². The maximum absolute atomic E-state index is 5.85. The van der Waals surface area contributed by atoms with Gasteiger partial charge in [0.2, 0.25) is 5.96 Å². The van der Waals surface area contributed by atoms with Crippen LogP contribution in [-0.4, -0.2) is 18.7 Å². The standard InChI is InChI=1S/C12H17ClN4.ClH/c1-3-4-11(16-17-12(14)15-2)9-5-7-10(13)8-6-9;/h5-8H,3-4H2,1-2H3,(H3,14,15,17);1H/b16-11+;. The van der Waals surface area contributed by atoms with Crippen LogP contribution < -0.4 is 11.2 Å². The lowest BCUT2D eigenvalue weighted by molar-refractivity contribution is 0.941. The number of guanidine groups is 1. The van der Waals surface area contributed by atoms with E-state index in [1.807, 2.05) is 24.3 Å². The minimum atomic E-state index is 0. The van der Waals surface area contributed by atoms with E-state index in [4.69, 9.17) is 17.3 Å². The van der Waals surface area contributed by atoms with Crippen molar-refractivity contribution in [2.75, 3.05) is 7.05 Å². The quantitative estimate of drug-likeness (QED) is 0.508. The van der Waals surface area contributed by atoms with Gasteiger partial charge in [-0.15, -0.1) is 12.4 Å². The van der Waals surface area contributed by atoms with Crippen molar-refractivity contribution in [2.24, 2.45) is 15.8 Å². The summed E-state index contributed by atoms with van der Waals surface area (Å²) in [6.07, 6.45) is 1.87. The average Bonchev–Trinajstić information content (AvgIpc) is 2.35. The van der Waals surface area contributed by atoms with Crippen molar-refractivity contribution in [3.05, 3.63) is 34.9 Å². The summed E-state index contributed by atoms with van der Waals surface area (Å²) in [6, 6.07) is 7.58. The number of aliphatic imine (C=N–C) groups is 1. The summed E-state index contributed by atoms with van der Waals surface area (Å²) in [5.41, 5.74) is 10.2. The number of nitrogens with one attached hydrogen (secondary N) is 1. The molecule has 18 heavy (non-hydrogen) atoms. The zero-order chi connectivity index (χ0) is 12.7. The molecule has 100 valence electrons. The van der Waals surface area contributed by atoms with Gasteiger partial charge in [0.15, 0.2) is 0 Å². The minimum absolute atomic E-state index is 0. The Kier molecular flexibility index (Phi) is 8.16. The molecule has 0 saturated carbocycles. The fourth-order valence-corrected chi connectivity index (χ4v) is 1.44. The molecule has 0 fully saturated rings. The Bertz CT molecular complexity index is 413. The number of nitrogens with two attached hydrogens (primary N) is 1. The molecule has 3 N–H and O–H groups in total. The number of benzene rings is 1. The van der Waals surface area contributed by atoms with Gasteiger partial charge in [-0.2, -0.15) is 5.10 Å². The van der Waals surface area contributed by atoms with E-state index < -0.39 is 0 Å². The Morgan fingerprint density at radius 3 is 2.44 bits per heavy atom. The number of halogens is 2. The van der Waals surface area contributed by atoms with E-state index in [1.165, 1.54) is 0 Å². The highest BCUT2D eigenvalue weighted by molar-refractivity contribution is 6.30. The predicted octanol–water partition coefficient (Wildman–Crippen LogP) is 2.80. The molecule has 1 rings (SSSR count). The van der Waals surface area contributed by atoms with Crippen molar-refractivity contribution in [3.8, 4) is 0 Å². The molecule has 0 radical (unpaired) electrons. The number of hydrogen-bond donors (Lipinski definition) is 2. The molecule has 1 aromatic carbocycles. The second-order valence-corrected chi connectivity index (χ2v) is 3.97. The molecule has 0 atom stereocenters. The Morgan fingerprint density at radius 1 is 1.33 bits per heavy atom. The topological polar surface area (TPSA) is 62.8 Å². The summed E-state index contributed by atoms with van der Waals surface area (Å²) in [4.78, 5) is 3.78. The summed E-state index contributed by atoms with van der Waals surface area (Å²) in [5.74, 6) is 0.299. The summed E-state index contributed by atoms with van der Waals surface area (Å²) in [7, 11) is 1.61. The first kappa shape index (κ1) is 16.7. The molecule has 1 aromatic rings. The molecular weight excluding hydrogens is 271 g/mol. The summed E-state index contributed by atoms with van der Waals surface area (Å²) in [5, 5.41) is 4.97. The first-order valence-electron chi connectivity index (χ1n) is 5.48. The SMILES string of the molecule is CCC/C(=N\NC(N)=NC)c1ccc(Cl)cc1.Cl. The van der Waals surface area contributed by atoms with E-state index >= 15 is 0 Å². The van der Waals surface area contributed by atoms with E-state index in [9.17, 15) is 0 Å². The van der Waals surface area contributed by atoms with Crippen LogP contribution in [0.2, 0.25) is 5.02 Å². The van der Waals surface area contributed by atoms with Crippen LogP contribution in [0.3, 0.4) is 0 Å². The van der Waals surface area contributed by atoms with E-state index in [0.717, 1.165) is 24.1 Å². The van der Waals surface area contributed by atoms with Gasteiger partial charge in [0.1, 0.15) is 0 Å². The Labute approximate surface area is 119 Å². The summed E-state index contributed by atoms with van der Waals surface area (Å²) >= 11 is 5.85. The molecule has 0 spiro atoms. The zero-order valence-corrected chi connectivity index (χ0v) is 12.1. The van der Waals surface area contributed by atoms with Crippen LogP contribution in [0.4, 0.5) is 0 Å². The van der Waals surface area contributed by atoms with Crippen LogP contribution in [0, 0.1) is 0 Å². The highest BCUT2D eigenvalue weighted by atomic mass is 35.5. The molecule has 0 aliphatic heterocycles. The maximum atomic E-state index is 5.85. The van der Waals surface area contributed by atoms with E-state index in [0.29, 0.717) is 11.0 Å². The Morgan fingerprint density at radius 2 is 1.94 bits per heavy atom. The number of hydrogen-bond acceptors (Lipinski definition) is 2. The van der Waals surface area contributed by atoms with E-state index in [-0.39, 0.29) is 12.4 Å². The highest BCUT2D eigenvalue weighted by Crippen LogP contribution is 2.12. The van der Waals surface area contributed by atoms with Crippen LogP contribution in [0.5, 0.6) is 0 Å². The third kappa shape index (κ3) is 5.38. The fourth-order valence-electron chi connectivity index (χ4n) is 1.32. The lowest BCUT2D eigenvalue weighted by Gasteiger charge is -2.06. The lowest BCUT2D eigenvalue weighted by atomic mass is 10.1. The van der Waals surface area contributed by atoms with Gasteiger partial charge in [-0.3, -0.25) is 4.99 Å². The van der Waals surface area contributed by atoms with E-state index in [1.54, 1.807) is 7.05 Å². The van der Waals surface area contributed by atoms with Gasteiger partial charge in [0.25, 0.3) is 0 Å². The molecule has 4 nitrogen and oxygen atoms in total. The first-order chi connectivity index (χ1) is 8.17. The van der Waals surface area contributed by atoms with Gasteiger partial charge >= 0.3 is 0 Å². The van der Waals surface area contributed by atoms with Crippen LogP contribution >= 0.6 is 24.0 Å². The lowest BCUT2D eigenvalue weighted by Crippen LogP contribution is -2.28. The highest BCUT2D eigenvalue weighted by Gasteiger charge is 2.03. The number of nitrogens with zero attached hydrogens (tertiary/aromatic N) is 2. The smallest absolute Gasteiger partial charge is 0.209 e. The average molecular weight is 289 g/mol. The van der Waals surface area contributed by atoms with Gasteiger partial charge in [0.05, 0.1) is 5.71 Å². The van der Waals surface area contributed by atoms with Crippen molar-refractivity contribution >= 4 is 35.7 Å². The Balaban J connectivity index is 0.00000289. The number of hydrazone groups is 1. The zero-order valence-electron chi connectivity index (χ0n) is 10.5. The molecule has 0 amide bonds. The monoisotopic (exact) mass is 288 g/mol. The number of rotatable bonds is 4. The van der Waals surface area contributed by atoms with Crippen LogP contribution in [0.1, 0.15) is 25.3 Å². The van der Waals surface area contributed by atoms with Crippen molar-refractivity contribution in [2.45, 2.75) is 19.8 Å². The van der Waals surface area contributed by atoms with Crippen LogP contribution in [0.25, 0.3) is 0 Å². The molecule has 0 heterocycles. The molecule has 0 bridgehead atoms. The third-order valence-corrected chi connectivity index (χ3v) is 2.46. The molecule has 0 aliphatic carbocycles. The first-order valence-corrected chi connectivity index (χ1v) is 5.86. The molecule has 0 aromatic heterocycles. The second kappa shape index (κ2) is 8.78. The van der Waals surface area contributed by atoms with Gasteiger partial charge in [-0.1, -0.05) is 37.1 Å². The van der Waals surface area contributed by atoms with Crippen molar-refractivity contribution in [1.82, 2.24) is 5.43 Å². The Hall–Kier alpha value is -1.26. The largest absolute Gasteiger partial charge is 0.369 e. The second-order valence-electron chi connectivity index (χ2n) is 3.54. The predicted molar refractivity (Wildman–Crippen MR) is 80.8 cm³/mol. The van der Waals surface area contributed by atoms with Gasteiger partial charge in [-0.05, 0) is 24.1 Å². The molecule has 6 heteroatoms. The molecule has 0 unspecified atom stereocenters. The van der Waals surface area contributed by atoms with Crippen molar-refractivity contribution in [1.29, 1.82) is 0 Å².